The molecule has 5 heteroatoms. The topological polar surface area (TPSA) is 58.3 Å². The molecule has 0 aliphatic heterocycles. The molecule has 0 saturated carbocycles. The van der Waals surface area contributed by atoms with Gasteiger partial charge in [0.15, 0.2) is 0 Å². The summed E-state index contributed by atoms with van der Waals surface area (Å²) in [6, 6.07) is 15.2. The van der Waals surface area contributed by atoms with Crippen molar-refractivity contribution in [3.05, 3.63) is 69.7 Å². The number of aryl methyl sites for hydroxylation is 2. The number of rotatable bonds is 9. The molecule has 1 aliphatic rings. The first kappa shape index (κ1) is 22.6. The van der Waals surface area contributed by atoms with Gasteiger partial charge in [-0.25, -0.2) is 0 Å². The van der Waals surface area contributed by atoms with E-state index in [0.717, 1.165) is 55.8 Å². The zero-order valence-corrected chi connectivity index (χ0v) is 19.2. The van der Waals surface area contributed by atoms with Gasteiger partial charge < -0.3 is 10.3 Å². The van der Waals surface area contributed by atoms with Crippen molar-refractivity contribution in [2.24, 2.45) is 5.73 Å². The van der Waals surface area contributed by atoms with E-state index in [4.69, 9.17) is 17.3 Å². The SMILES string of the molecule is CCCS(C)(O)NCCCc1ccc2c(c1)C(Cc1ccccc1Cl)C(N)CC2. The number of halogens is 1. The van der Waals surface area contributed by atoms with Crippen LogP contribution in [0.5, 0.6) is 0 Å². The number of fused-ring (bicyclic) bond motifs is 1. The molecular weight excluding hydrogens is 400 g/mol. The monoisotopic (exact) mass is 434 g/mol. The van der Waals surface area contributed by atoms with Crippen LogP contribution in [0.4, 0.5) is 0 Å². The van der Waals surface area contributed by atoms with Gasteiger partial charge in [-0.1, -0.05) is 65.4 Å². The summed E-state index contributed by atoms with van der Waals surface area (Å²) in [4.78, 5) is 0. The molecule has 0 bridgehead atoms. The smallest absolute Gasteiger partial charge is 0.0438 e. The Hall–Kier alpha value is -1.04. The Bertz CT molecular complexity index is 811. The van der Waals surface area contributed by atoms with Crippen LogP contribution in [0.3, 0.4) is 0 Å². The molecule has 0 aromatic heterocycles. The summed E-state index contributed by atoms with van der Waals surface area (Å²) in [5, 5.41) is 0.829. The molecular formula is C24H35ClN2OS. The summed E-state index contributed by atoms with van der Waals surface area (Å²) in [5.41, 5.74) is 11.9. The fraction of sp³-hybridized carbons (Fsp3) is 0.500. The summed E-state index contributed by atoms with van der Waals surface area (Å²) in [6.45, 7) is 2.96. The third-order valence-corrected chi connectivity index (χ3v) is 8.33. The van der Waals surface area contributed by atoms with E-state index in [1.165, 1.54) is 22.3 Å². The molecule has 3 atom stereocenters. The van der Waals surface area contributed by atoms with Crippen LogP contribution in [-0.2, 0) is 19.3 Å². The largest absolute Gasteiger partial charge is 0.339 e. The number of nitrogens with one attached hydrogen (secondary N) is 1. The average Bonchev–Trinajstić information content (AvgIpc) is 2.69. The molecule has 3 nitrogen and oxygen atoms in total. The molecule has 2 aromatic rings. The van der Waals surface area contributed by atoms with Gasteiger partial charge in [0.25, 0.3) is 0 Å². The normalized spacial score (nSPS) is 22.0. The summed E-state index contributed by atoms with van der Waals surface area (Å²) < 4.78 is 13.7. The van der Waals surface area contributed by atoms with Crippen molar-refractivity contribution in [2.45, 2.75) is 57.4 Å². The third kappa shape index (κ3) is 6.22. The molecule has 2 aromatic carbocycles. The lowest BCUT2D eigenvalue weighted by Gasteiger charge is -2.32. The highest BCUT2D eigenvalue weighted by atomic mass is 35.5. The molecule has 3 rings (SSSR count). The molecule has 0 radical (unpaired) electrons. The molecule has 0 saturated heterocycles. The second-order valence-electron chi connectivity index (χ2n) is 8.38. The van der Waals surface area contributed by atoms with Gasteiger partial charge in [-0.05, 0) is 73.1 Å². The van der Waals surface area contributed by atoms with Gasteiger partial charge in [-0.3, -0.25) is 4.72 Å². The predicted molar refractivity (Wildman–Crippen MR) is 128 cm³/mol. The van der Waals surface area contributed by atoms with Crippen LogP contribution in [0.2, 0.25) is 5.02 Å². The number of hydrogen-bond donors (Lipinski definition) is 3. The average molecular weight is 435 g/mol. The first-order valence-electron chi connectivity index (χ1n) is 10.7. The lowest BCUT2D eigenvalue weighted by Crippen LogP contribution is -2.34. The minimum Gasteiger partial charge on any atom is -0.339 e. The van der Waals surface area contributed by atoms with E-state index in [0.29, 0.717) is 5.92 Å². The zero-order valence-electron chi connectivity index (χ0n) is 17.7. The summed E-state index contributed by atoms with van der Waals surface area (Å²) in [6.07, 6.45) is 7.95. The van der Waals surface area contributed by atoms with Gasteiger partial charge in [0.2, 0.25) is 0 Å². The molecule has 0 amide bonds. The molecule has 29 heavy (non-hydrogen) atoms. The van der Waals surface area contributed by atoms with Gasteiger partial charge in [0.1, 0.15) is 0 Å². The molecule has 0 heterocycles. The highest BCUT2D eigenvalue weighted by Gasteiger charge is 2.28. The Morgan fingerprint density at radius 2 is 2.03 bits per heavy atom. The Morgan fingerprint density at radius 1 is 1.24 bits per heavy atom. The van der Waals surface area contributed by atoms with Crippen molar-refractivity contribution in [1.29, 1.82) is 0 Å². The molecule has 160 valence electrons. The van der Waals surface area contributed by atoms with Crippen LogP contribution in [0.25, 0.3) is 0 Å². The van der Waals surface area contributed by atoms with E-state index in [1.807, 2.05) is 18.4 Å². The molecule has 1 aliphatic carbocycles. The predicted octanol–water partition coefficient (Wildman–Crippen LogP) is 5.69. The Labute approximate surface area is 182 Å². The summed E-state index contributed by atoms with van der Waals surface area (Å²) in [5.74, 6) is 1.17. The van der Waals surface area contributed by atoms with Crippen LogP contribution >= 0.6 is 22.1 Å². The van der Waals surface area contributed by atoms with Crippen molar-refractivity contribution >= 4 is 22.1 Å². The molecule has 3 unspecified atom stereocenters. The maximum absolute atomic E-state index is 10.3. The quantitative estimate of drug-likeness (QED) is 0.444. The van der Waals surface area contributed by atoms with Crippen molar-refractivity contribution in [3.8, 4) is 0 Å². The second-order valence-corrected chi connectivity index (χ2v) is 11.6. The first-order chi connectivity index (χ1) is 13.9. The molecule has 0 spiro atoms. The fourth-order valence-corrected chi connectivity index (χ4v) is 6.08. The van der Waals surface area contributed by atoms with Gasteiger partial charge in [0, 0.05) is 29.3 Å². The maximum atomic E-state index is 10.3. The fourth-order valence-electron chi connectivity index (χ4n) is 4.34. The van der Waals surface area contributed by atoms with E-state index < -0.39 is 10.5 Å². The van der Waals surface area contributed by atoms with Crippen molar-refractivity contribution in [1.82, 2.24) is 4.72 Å². The van der Waals surface area contributed by atoms with Crippen molar-refractivity contribution in [3.63, 3.8) is 0 Å². The third-order valence-electron chi connectivity index (χ3n) is 5.93. The van der Waals surface area contributed by atoms with E-state index in [-0.39, 0.29) is 6.04 Å². The Balaban J connectivity index is 1.68. The summed E-state index contributed by atoms with van der Waals surface area (Å²) >= 11 is 6.43. The standard InChI is InChI=1S/C24H35ClN2OS/c1-3-15-29(2,28)27-14-6-7-18-10-11-19-12-13-24(26)22(21(19)16-18)17-20-8-4-5-9-23(20)25/h4-5,8-11,16,22,24,27-28H,3,6-7,12-15,17,26H2,1-2H3. The maximum Gasteiger partial charge on any atom is 0.0438 e. The number of nitrogens with two attached hydrogens (primary N) is 1. The van der Waals surface area contributed by atoms with Gasteiger partial charge in [-0.2, -0.15) is 0 Å². The highest BCUT2D eigenvalue weighted by molar-refractivity contribution is 8.26. The number of hydrogen-bond acceptors (Lipinski definition) is 3. The van der Waals surface area contributed by atoms with E-state index in [1.54, 1.807) is 0 Å². The van der Waals surface area contributed by atoms with Gasteiger partial charge in [0.05, 0.1) is 0 Å². The second kappa shape index (κ2) is 10.3. The molecule has 4 N–H and O–H groups in total. The van der Waals surface area contributed by atoms with E-state index in [2.05, 4.69) is 42.0 Å². The number of benzene rings is 2. The minimum absolute atomic E-state index is 0.170. The van der Waals surface area contributed by atoms with Crippen LogP contribution < -0.4 is 10.5 Å². The highest BCUT2D eigenvalue weighted by Crippen LogP contribution is 2.36. The van der Waals surface area contributed by atoms with Crippen molar-refractivity contribution in [2.75, 3.05) is 18.6 Å². The van der Waals surface area contributed by atoms with E-state index >= 15 is 0 Å². The Morgan fingerprint density at radius 3 is 2.79 bits per heavy atom. The van der Waals surface area contributed by atoms with Crippen LogP contribution in [0.15, 0.2) is 42.5 Å². The van der Waals surface area contributed by atoms with Crippen LogP contribution in [-0.4, -0.2) is 29.1 Å². The first-order valence-corrected chi connectivity index (χ1v) is 13.3. The van der Waals surface area contributed by atoms with Crippen LogP contribution in [0, 0.1) is 0 Å². The van der Waals surface area contributed by atoms with Gasteiger partial charge >= 0.3 is 0 Å². The Kier molecular flexibility index (Phi) is 8.06. The van der Waals surface area contributed by atoms with Gasteiger partial charge in [-0.15, -0.1) is 0 Å². The summed E-state index contributed by atoms with van der Waals surface area (Å²) in [7, 11) is -1.63. The lowest BCUT2D eigenvalue weighted by atomic mass is 9.76. The minimum atomic E-state index is -1.63. The van der Waals surface area contributed by atoms with E-state index in [9.17, 15) is 4.55 Å². The lowest BCUT2D eigenvalue weighted by molar-refractivity contribution is 0.467. The molecule has 0 fully saturated rings. The van der Waals surface area contributed by atoms with Crippen LogP contribution in [0.1, 0.15) is 54.4 Å². The zero-order chi connectivity index (χ0) is 20.9. The van der Waals surface area contributed by atoms with Crippen molar-refractivity contribution < 1.29 is 4.55 Å².